The van der Waals surface area contributed by atoms with Crippen LogP contribution in [0.25, 0.3) is 0 Å². The number of carbonyl (C=O) groups excluding carboxylic acids is 1. The van der Waals surface area contributed by atoms with Crippen LogP contribution in [0.3, 0.4) is 0 Å². The van der Waals surface area contributed by atoms with Gasteiger partial charge >= 0.3 is 11.9 Å². The molecule has 3 rings (SSSR count). The van der Waals surface area contributed by atoms with E-state index in [0.717, 1.165) is 0 Å². The minimum absolute atomic E-state index is 0.0876. The lowest BCUT2D eigenvalue weighted by Crippen LogP contribution is -2.68. The maximum absolute atomic E-state index is 11.9. The summed E-state index contributed by atoms with van der Waals surface area (Å²) in [6.07, 6.45) is 0.168. The first kappa shape index (κ1) is 16.3. The molecule has 24 heavy (non-hydrogen) atoms. The van der Waals surface area contributed by atoms with Gasteiger partial charge in [0.2, 0.25) is 5.91 Å². The average molecular weight is 350 g/mol. The van der Waals surface area contributed by atoms with Crippen molar-refractivity contribution in [3.63, 3.8) is 0 Å². The van der Waals surface area contributed by atoms with E-state index in [9.17, 15) is 24.6 Å². The number of amides is 1. The first-order valence-corrected chi connectivity index (χ1v) is 8.07. The molecule has 2 aliphatic rings. The summed E-state index contributed by atoms with van der Waals surface area (Å²) in [6, 6.07) is 3.38. The first-order chi connectivity index (χ1) is 11.3. The number of aromatic carboxylic acids is 1. The molecule has 2 atom stereocenters. The highest BCUT2D eigenvalue weighted by Crippen LogP contribution is 2.40. The number of rotatable bonds is 4. The molecule has 126 valence electrons. The number of β-lactam (4-membered cyclic amide) rings is 1. The summed E-state index contributed by atoms with van der Waals surface area (Å²) >= 11 is 1.38. The molecule has 1 fully saturated rings. The van der Waals surface area contributed by atoms with Crippen LogP contribution in [-0.4, -0.2) is 55.2 Å². The third-order valence-electron chi connectivity index (χ3n) is 4.00. The van der Waals surface area contributed by atoms with Crippen LogP contribution in [0.15, 0.2) is 29.5 Å². The smallest absolute Gasteiger partial charge is 0.352 e. The Morgan fingerprint density at radius 2 is 2.00 bits per heavy atom. The van der Waals surface area contributed by atoms with Gasteiger partial charge in [0.25, 0.3) is 0 Å². The molecule has 1 aromatic carbocycles. The highest BCUT2D eigenvalue weighted by atomic mass is 32.2. The Morgan fingerprint density at radius 1 is 1.29 bits per heavy atom. The van der Waals surface area contributed by atoms with E-state index in [1.807, 2.05) is 0 Å². The number of carboxylic acids is 2. The first-order valence-electron chi connectivity index (χ1n) is 7.02. The Bertz CT molecular complexity index is 790. The van der Waals surface area contributed by atoms with Gasteiger partial charge in [-0.15, -0.1) is 11.8 Å². The van der Waals surface area contributed by atoms with E-state index in [2.05, 4.69) is 0 Å². The van der Waals surface area contributed by atoms with Crippen molar-refractivity contribution >= 4 is 29.6 Å². The second kappa shape index (κ2) is 5.84. The minimum Gasteiger partial charge on any atom is -0.507 e. The number of benzene rings is 1. The Morgan fingerprint density at radius 3 is 2.62 bits per heavy atom. The normalized spacial score (nSPS) is 22.9. The lowest BCUT2D eigenvalue weighted by Gasteiger charge is -2.48. The van der Waals surface area contributed by atoms with Crippen LogP contribution >= 0.6 is 11.8 Å². The molecule has 2 heterocycles. The monoisotopic (exact) mass is 350 g/mol. The topological polar surface area (TPSA) is 141 Å². The molecule has 1 amide bonds. The van der Waals surface area contributed by atoms with Gasteiger partial charge in [0.05, 0.1) is 0 Å². The molecule has 1 saturated heterocycles. The zero-order valence-electron chi connectivity index (χ0n) is 12.3. The molecule has 1 aromatic rings. The van der Waals surface area contributed by atoms with Crippen molar-refractivity contribution in [1.29, 1.82) is 0 Å². The van der Waals surface area contributed by atoms with Crippen molar-refractivity contribution in [2.75, 3.05) is 5.75 Å². The summed E-state index contributed by atoms with van der Waals surface area (Å²) in [6.45, 7) is 0. The van der Waals surface area contributed by atoms with E-state index in [-0.39, 0.29) is 28.8 Å². The lowest BCUT2D eigenvalue weighted by molar-refractivity contribution is -0.148. The molecule has 8 nitrogen and oxygen atoms in total. The fourth-order valence-corrected chi connectivity index (χ4v) is 4.12. The highest BCUT2D eigenvalue weighted by molar-refractivity contribution is 8.00. The number of hydrogen-bond donors (Lipinski definition) is 4. The molecule has 9 heteroatoms. The van der Waals surface area contributed by atoms with Gasteiger partial charge in [-0.2, -0.15) is 0 Å². The molecular formula is C15H14N2O6S. The van der Waals surface area contributed by atoms with Crippen molar-refractivity contribution in [2.24, 2.45) is 5.73 Å². The van der Waals surface area contributed by atoms with Crippen LogP contribution in [-0.2, 0) is 16.0 Å². The number of phenols is 1. The molecule has 2 aliphatic heterocycles. The number of fused-ring (bicyclic) bond motifs is 1. The summed E-state index contributed by atoms with van der Waals surface area (Å²) in [5.41, 5.74) is 6.39. The summed E-state index contributed by atoms with van der Waals surface area (Å²) in [7, 11) is 0. The van der Waals surface area contributed by atoms with E-state index in [4.69, 9.17) is 10.8 Å². The molecule has 0 radical (unpaired) electrons. The lowest BCUT2D eigenvalue weighted by atomic mass is 9.98. The Hall–Kier alpha value is -2.52. The molecule has 5 N–H and O–H groups in total. The van der Waals surface area contributed by atoms with E-state index in [0.29, 0.717) is 16.9 Å². The molecular weight excluding hydrogens is 336 g/mol. The zero-order chi connectivity index (χ0) is 17.6. The Kier molecular flexibility index (Phi) is 3.98. The molecule has 0 saturated carbocycles. The molecule has 0 unspecified atom stereocenters. The fraction of sp³-hybridized carbons (Fsp3) is 0.267. The molecule has 0 aliphatic carbocycles. The zero-order valence-corrected chi connectivity index (χ0v) is 13.1. The number of carbonyl (C=O) groups is 3. The molecule has 0 spiro atoms. The fourth-order valence-electron chi connectivity index (χ4n) is 2.83. The van der Waals surface area contributed by atoms with Crippen molar-refractivity contribution in [1.82, 2.24) is 4.90 Å². The highest BCUT2D eigenvalue weighted by Gasteiger charge is 2.51. The standard InChI is InChI=1S/C15H14N2O6S/c16-10-12(19)17-11(15(22)23)7(5-24-13(10)17)3-6-1-2-9(18)8(4-6)14(20)21/h1-2,4,10,13,18H,3,5,16H2,(H,20,21)(H,22,23)/t10-,13-/m1/s1. The van der Waals surface area contributed by atoms with E-state index < -0.39 is 23.9 Å². The number of thioether (sulfide) groups is 1. The minimum atomic E-state index is -1.27. The summed E-state index contributed by atoms with van der Waals surface area (Å²) < 4.78 is 0. The second-order valence-electron chi connectivity index (χ2n) is 5.53. The number of hydrogen-bond acceptors (Lipinski definition) is 6. The van der Waals surface area contributed by atoms with Gasteiger partial charge in [0, 0.05) is 5.75 Å². The van der Waals surface area contributed by atoms with Crippen LogP contribution in [0.4, 0.5) is 0 Å². The van der Waals surface area contributed by atoms with Gasteiger partial charge in [-0.25, -0.2) is 9.59 Å². The quantitative estimate of drug-likeness (QED) is 0.565. The summed E-state index contributed by atoms with van der Waals surface area (Å²) in [5.74, 6) is -2.90. The largest absolute Gasteiger partial charge is 0.507 e. The van der Waals surface area contributed by atoms with Crippen LogP contribution in [0.5, 0.6) is 5.75 Å². The maximum atomic E-state index is 11.9. The average Bonchev–Trinajstić information content (AvgIpc) is 2.54. The number of nitrogens with zero attached hydrogens (tertiary/aromatic N) is 1. The van der Waals surface area contributed by atoms with Crippen molar-refractivity contribution in [2.45, 2.75) is 17.8 Å². The third kappa shape index (κ3) is 2.51. The molecule has 0 bridgehead atoms. The Labute approximate surface area is 140 Å². The maximum Gasteiger partial charge on any atom is 0.352 e. The summed E-state index contributed by atoms with van der Waals surface area (Å²) in [4.78, 5) is 35.7. The predicted octanol–water partition coefficient (Wildman–Crippen LogP) is 0.214. The van der Waals surface area contributed by atoms with Crippen LogP contribution in [0, 0.1) is 0 Å². The number of nitrogens with two attached hydrogens (primary N) is 1. The van der Waals surface area contributed by atoms with Crippen LogP contribution < -0.4 is 5.73 Å². The van der Waals surface area contributed by atoms with Gasteiger partial charge in [-0.3, -0.25) is 9.69 Å². The third-order valence-corrected chi connectivity index (χ3v) is 5.36. The SMILES string of the molecule is N[C@@H]1C(=O)N2C(C(=O)O)=C(Cc3ccc(O)c(C(=O)O)c3)CS[C@H]12. The van der Waals surface area contributed by atoms with Crippen molar-refractivity contribution in [3.05, 3.63) is 40.6 Å². The van der Waals surface area contributed by atoms with Gasteiger partial charge < -0.3 is 21.1 Å². The summed E-state index contributed by atoms with van der Waals surface area (Å²) in [5, 5.41) is 27.7. The predicted molar refractivity (Wildman–Crippen MR) is 84.5 cm³/mol. The van der Waals surface area contributed by atoms with E-state index >= 15 is 0 Å². The number of aliphatic carboxylic acids is 1. The van der Waals surface area contributed by atoms with Crippen LogP contribution in [0.2, 0.25) is 0 Å². The number of carboxylic acid groups (broad SMARTS) is 2. The van der Waals surface area contributed by atoms with E-state index in [1.165, 1.54) is 34.9 Å². The van der Waals surface area contributed by atoms with Gasteiger partial charge in [0.15, 0.2) is 0 Å². The van der Waals surface area contributed by atoms with E-state index in [1.54, 1.807) is 0 Å². The van der Waals surface area contributed by atoms with Gasteiger partial charge in [0.1, 0.15) is 28.4 Å². The number of aromatic hydroxyl groups is 1. The van der Waals surface area contributed by atoms with Crippen molar-refractivity contribution < 1.29 is 29.7 Å². The van der Waals surface area contributed by atoms with Gasteiger partial charge in [-0.05, 0) is 29.7 Å². The second-order valence-corrected chi connectivity index (χ2v) is 6.63. The van der Waals surface area contributed by atoms with Gasteiger partial charge in [-0.1, -0.05) is 6.07 Å². The Balaban J connectivity index is 1.96. The van der Waals surface area contributed by atoms with Crippen LogP contribution in [0.1, 0.15) is 15.9 Å². The van der Waals surface area contributed by atoms with Crippen molar-refractivity contribution in [3.8, 4) is 5.75 Å². The molecule has 0 aromatic heterocycles.